The Kier molecular flexibility index (Phi) is 4.96. The summed E-state index contributed by atoms with van der Waals surface area (Å²) >= 11 is 0. The van der Waals surface area contributed by atoms with Crippen molar-refractivity contribution >= 4 is 5.91 Å². The number of amides is 1. The Morgan fingerprint density at radius 2 is 2.08 bits per heavy atom. The fraction of sp³-hybridized carbons (Fsp3) is 0.222. The summed E-state index contributed by atoms with van der Waals surface area (Å²) in [6.45, 7) is 2.08. The summed E-state index contributed by atoms with van der Waals surface area (Å²) in [4.78, 5) is 12.3. The van der Waals surface area contributed by atoms with Crippen LogP contribution in [0, 0.1) is 0 Å². The number of hydrogen-bond acceptors (Lipinski definition) is 4. The highest BCUT2D eigenvalue weighted by molar-refractivity contribution is 5.80. The van der Waals surface area contributed by atoms with Gasteiger partial charge in [0.2, 0.25) is 0 Å². The van der Waals surface area contributed by atoms with Gasteiger partial charge in [-0.2, -0.15) is 5.10 Å². The molecule has 0 aliphatic carbocycles. The number of nitrogens with zero attached hydrogens (tertiary/aromatic N) is 2. The second-order valence-electron chi connectivity index (χ2n) is 5.34. The number of rotatable bonds is 7. The highest BCUT2D eigenvalue weighted by Gasteiger charge is 2.20. The van der Waals surface area contributed by atoms with Gasteiger partial charge in [-0.15, -0.1) is 0 Å². The molecule has 3 rings (SSSR count). The molecule has 0 saturated carbocycles. The minimum atomic E-state index is -0.595. The second-order valence-corrected chi connectivity index (χ2v) is 5.34. The molecule has 6 heteroatoms. The first-order chi connectivity index (χ1) is 11.7. The van der Waals surface area contributed by atoms with Crippen LogP contribution in [0.4, 0.5) is 0 Å². The van der Waals surface area contributed by atoms with E-state index in [2.05, 4.69) is 10.4 Å². The molecule has 1 amide bonds. The number of para-hydroxylation sites is 1. The number of ether oxygens (including phenoxy) is 1. The Morgan fingerprint density at radius 3 is 2.75 bits per heavy atom. The number of furan rings is 1. The van der Waals surface area contributed by atoms with Crippen LogP contribution in [0.15, 0.2) is 71.6 Å². The molecule has 3 aromatic rings. The lowest BCUT2D eigenvalue weighted by molar-refractivity contribution is -0.127. The fourth-order valence-electron chi connectivity index (χ4n) is 2.37. The summed E-state index contributed by atoms with van der Waals surface area (Å²) in [5.74, 6) is 1.20. The zero-order valence-electron chi connectivity index (χ0n) is 13.3. The van der Waals surface area contributed by atoms with E-state index in [0.29, 0.717) is 12.3 Å². The molecule has 0 radical (unpaired) electrons. The van der Waals surface area contributed by atoms with E-state index in [-0.39, 0.29) is 11.9 Å². The van der Waals surface area contributed by atoms with Crippen LogP contribution in [-0.4, -0.2) is 28.3 Å². The summed E-state index contributed by atoms with van der Waals surface area (Å²) in [6.07, 6.45) is 4.54. The monoisotopic (exact) mass is 325 g/mol. The van der Waals surface area contributed by atoms with E-state index in [1.54, 1.807) is 24.1 Å². The van der Waals surface area contributed by atoms with E-state index in [4.69, 9.17) is 9.15 Å². The van der Waals surface area contributed by atoms with Crippen LogP contribution in [0.1, 0.15) is 18.7 Å². The number of hydrogen-bond donors (Lipinski definition) is 1. The zero-order chi connectivity index (χ0) is 16.8. The van der Waals surface area contributed by atoms with Gasteiger partial charge in [-0.3, -0.25) is 9.48 Å². The van der Waals surface area contributed by atoms with Gasteiger partial charge in [-0.05, 0) is 37.3 Å². The average molecular weight is 325 g/mol. The van der Waals surface area contributed by atoms with Crippen molar-refractivity contribution in [2.75, 3.05) is 6.54 Å². The number of benzene rings is 1. The number of nitrogens with one attached hydrogen (secondary N) is 1. The summed E-state index contributed by atoms with van der Waals surface area (Å²) in [6, 6.07) is 14.6. The van der Waals surface area contributed by atoms with Gasteiger partial charge in [0, 0.05) is 18.9 Å². The molecule has 2 heterocycles. The van der Waals surface area contributed by atoms with Crippen LogP contribution < -0.4 is 10.1 Å². The van der Waals surface area contributed by atoms with Gasteiger partial charge in [0.25, 0.3) is 5.91 Å². The summed E-state index contributed by atoms with van der Waals surface area (Å²) in [5, 5.41) is 7.13. The lowest BCUT2D eigenvalue weighted by atomic mass is 10.2. The van der Waals surface area contributed by atoms with E-state index in [1.165, 1.54) is 0 Å². The molecule has 0 unspecified atom stereocenters. The lowest BCUT2D eigenvalue weighted by Crippen LogP contribution is -2.39. The third-order valence-corrected chi connectivity index (χ3v) is 3.61. The Bertz CT molecular complexity index is 705. The van der Waals surface area contributed by atoms with Crippen LogP contribution in [0.5, 0.6) is 5.75 Å². The Balaban J connectivity index is 1.61. The zero-order valence-corrected chi connectivity index (χ0v) is 13.3. The molecule has 6 nitrogen and oxygen atoms in total. The molecular formula is C18H19N3O3. The summed E-state index contributed by atoms with van der Waals surface area (Å²) in [7, 11) is 0. The molecule has 0 aliphatic rings. The van der Waals surface area contributed by atoms with E-state index in [9.17, 15) is 4.79 Å². The third kappa shape index (κ3) is 3.84. The smallest absolute Gasteiger partial charge is 0.260 e. The molecule has 0 spiro atoms. The van der Waals surface area contributed by atoms with Crippen LogP contribution in [0.2, 0.25) is 0 Å². The SMILES string of the molecule is C[C@@H](Oc1ccccc1)C(=O)NC[C@@H](c1ccco1)n1cccn1. The number of carbonyl (C=O) groups is 1. The quantitative estimate of drug-likeness (QED) is 0.725. The first-order valence-electron chi connectivity index (χ1n) is 7.76. The van der Waals surface area contributed by atoms with Crippen LogP contribution in [-0.2, 0) is 4.79 Å². The Labute approximate surface area is 140 Å². The minimum Gasteiger partial charge on any atom is -0.481 e. The molecule has 1 N–H and O–H groups in total. The van der Waals surface area contributed by atoms with Crippen molar-refractivity contribution in [3.05, 3.63) is 72.9 Å². The highest BCUT2D eigenvalue weighted by atomic mass is 16.5. The van der Waals surface area contributed by atoms with Gasteiger partial charge >= 0.3 is 0 Å². The van der Waals surface area contributed by atoms with E-state index in [0.717, 1.165) is 5.76 Å². The fourth-order valence-corrected chi connectivity index (χ4v) is 2.37. The molecule has 2 atom stereocenters. The molecular weight excluding hydrogens is 306 g/mol. The van der Waals surface area contributed by atoms with Crippen molar-refractivity contribution in [2.24, 2.45) is 0 Å². The van der Waals surface area contributed by atoms with E-state index >= 15 is 0 Å². The minimum absolute atomic E-state index is 0.192. The van der Waals surface area contributed by atoms with Crippen molar-refractivity contribution < 1.29 is 13.9 Å². The molecule has 2 aromatic heterocycles. The van der Waals surface area contributed by atoms with Crippen molar-refractivity contribution in [3.8, 4) is 5.75 Å². The van der Waals surface area contributed by atoms with E-state index in [1.807, 2.05) is 54.7 Å². The van der Waals surface area contributed by atoms with Gasteiger partial charge in [0.05, 0.1) is 6.26 Å². The van der Waals surface area contributed by atoms with E-state index < -0.39 is 6.10 Å². The predicted octanol–water partition coefficient (Wildman–Crippen LogP) is 2.65. The summed E-state index contributed by atoms with van der Waals surface area (Å²) in [5.41, 5.74) is 0. The topological polar surface area (TPSA) is 69.3 Å². The van der Waals surface area contributed by atoms with Crippen molar-refractivity contribution in [3.63, 3.8) is 0 Å². The van der Waals surface area contributed by atoms with Crippen molar-refractivity contribution in [1.82, 2.24) is 15.1 Å². The Hall–Kier alpha value is -3.02. The van der Waals surface area contributed by atoms with Gasteiger partial charge in [0.15, 0.2) is 6.10 Å². The maximum atomic E-state index is 12.3. The largest absolute Gasteiger partial charge is 0.481 e. The maximum Gasteiger partial charge on any atom is 0.260 e. The number of aromatic nitrogens is 2. The predicted molar refractivity (Wildman–Crippen MR) is 88.6 cm³/mol. The third-order valence-electron chi connectivity index (χ3n) is 3.61. The first kappa shape index (κ1) is 15.9. The highest BCUT2D eigenvalue weighted by Crippen LogP contribution is 2.17. The Morgan fingerprint density at radius 1 is 1.25 bits per heavy atom. The van der Waals surface area contributed by atoms with Crippen LogP contribution in [0.3, 0.4) is 0 Å². The molecule has 0 saturated heterocycles. The molecule has 0 aliphatic heterocycles. The number of carbonyl (C=O) groups excluding carboxylic acids is 1. The maximum absolute atomic E-state index is 12.3. The van der Waals surface area contributed by atoms with Gasteiger partial charge in [-0.1, -0.05) is 18.2 Å². The van der Waals surface area contributed by atoms with Crippen LogP contribution >= 0.6 is 0 Å². The average Bonchev–Trinajstić information content (AvgIpc) is 3.30. The van der Waals surface area contributed by atoms with Crippen molar-refractivity contribution in [1.29, 1.82) is 0 Å². The first-order valence-corrected chi connectivity index (χ1v) is 7.76. The molecule has 0 bridgehead atoms. The lowest BCUT2D eigenvalue weighted by Gasteiger charge is -2.19. The van der Waals surface area contributed by atoms with Gasteiger partial charge in [0.1, 0.15) is 17.6 Å². The standard InChI is InChI=1S/C18H19N3O3/c1-14(24-15-7-3-2-4-8-15)18(22)19-13-16(17-9-5-12-23-17)21-11-6-10-20-21/h2-12,14,16H,13H2,1H3,(H,19,22)/t14-,16+/m1/s1. The van der Waals surface area contributed by atoms with Crippen LogP contribution in [0.25, 0.3) is 0 Å². The van der Waals surface area contributed by atoms with Gasteiger partial charge < -0.3 is 14.5 Å². The summed E-state index contributed by atoms with van der Waals surface area (Å²) < 4.78 is 12.8. The molecule has 0 fully saturated rings. The second kappa shape index (κ2) is 7.50. The molecule has 24 heavy (non-hydrogen) atoms. The van der Waals surface area contributed by atoms with Gasteiger partial charge in [-0.25, -0.2) is 0 Å². The van der Waals surface area contributed by atoms with Crippen molar-refractivity contribution in [2.45, 2.75) is 19.1 Å². The normalized spacial score (nSPS) is 13.2. The molecule has 1 aromatic carbocycles. The molecule has 124 valence electrons.